The number of ether oxygens (including phenoxy) is 1. The minimum absolute atomic E-state index is 0.0524. The van der Waals surface area contributed by atoms with E-state index in [1.807, 2.05) is 19.9 Å². The van der Waals surface area contributed by atoms with Gasteiger partial charge in [-0.05, 0) is 62.4 Å². The Labute approximate surface area is 184 Å². The van der Waals surface area contributed by atoms with E-state index >= 15 is 0 Å². The first-order valence-corrected chi connectivity index (χ1v) is 12.4. The highest BCUT2D eigenvalue weighted by molar-refractivity contribution is 7.92. The molecule has 1 aliphatic heterocycles. The highest BCUT2D eigenvalue weighted by Crippen LogP contribution is 2.37. The summed E-state index contributed by atoms with van der Waals surface area (Å²) in [6.07, 6.45) is 5.03. The van der Waals surface area contributed by atoms with Gasteiger partial charge in [0.1, 0.15) is 5.75 Å². The minimum atomic E-state index is -3.84. The number of carbonyl (C=O) groups excluding carboxylic acids is 1. The Morgan fingerprint density at radius 1 is 1.03 bits per heavy atom. The minimum Gasteiger partial charge on any atom is -0.476 e. The molecule has 0 aromatic heterocycles. The van der Waals surface area contributed by atoms with E-state index in [0.717, 1.165) is 24.0 Å². The predicted octanol–water partition coefficient (Wildman–Crippen LogP) is 3.96. The summed E-state index contributed by atoms with van der Waals surface area (Å²) in [6.45, 7) is 4.38. The Morgan fingerprint density at radius 3 is 2.42 bits per heavy atom. The van der Waals surface area contributed by atoms with Crippen molar-refractivity contribution >= 4 is 21.6 Å². The van der Waals surface area contributed by atoms with E-state index in [-0.39, 0.29) is 17.3 Å². The zero-order valence-electron chi connectivity index (χ0n) is 18.1. The third kappa shape index (κ3) is 4.71. The maximum atomic E-state index is 13.5. The Morgan fingerprint density at radius 2 is 1.71 bits per heavy atom. The Hall–Kier alpha value is -2.54. The molecule has 7 heteroatoms. The lowest BCUT2D eigenvalue weighted by Crippen LogP contribution is -2.51. The van der Waals surface area contributed by atoms with Crippen molar-refractivity contribution in [3.63, 3.8) is 0 Å². The first kappa shape index (κ1) is 21.7. The number of hydrogen-bond donors (Lipinski definition) is 1. The Bertz CT molecular complexity index is 1040. The largest absolute Gasteiger partial charge is 0.476 e. The summed E-state index contributed by atoms with van der Waals surface area (Å²) < 4.78 is 34.2. The van der Waals surface area contributed by atoms with Crippen molar-refractivity contribution in [2.45, 2.75) is 57.0 Å². The summed E-state index contributed by atoms with van der Waals surface area (Å²) >= 11 is 0. The van der Waals surface area contributed by atoms with Gasteiger partial charge in [0.25, 0.3) is 15.9 Å². The van der Waals surface area contributed by atoms with Gasteiger partial charge in [0.05, 0.1) is 17.1 Å². The molecule has 1 fully saturated rings. The van der Waals surface area contributed by atoms with Crippen LogP contribution in [0.15, 0.2) is 47.4 Å². The third-order valence-electron chi connectivity index (χ3n) is 6.18. The van der Waals surface area contributed by atoms with Crippen LogP contribution in [-0.4, -0.2) is 33.5 Å². The van der Waals surface area contributed by atoms with Crippen LogP contribution in [0.2, 0.25) is 0 Å². The fourth-order valence-corrected chi connectivity index (χ4v) is 5.78. The molecule has 1 heterocycles. The summed E-state index contributed by atoms with van der Waals surface area (Å²) in [5, 5.41) is 3.00. The van der Waals surface area contributed by atoms with Gasteiger partial charge in [-0.15, -0.1) is 0 Å². The van der Waals surface area contributed by atoms with E-state index in [0.29, 0.717) is 23.9 Å². The van der Waals surface area contributed by atoms with Crippen molar-refractivity contribution in [1.29, 1.82) is 0 Å². The molecule has 0 saturated heterocycles. The molecule has 0 bridgehead atoms. The average molecular weight is 443 g/mol. The molecule has 2 aromatic rings. The molecular formula is C24H30N2O4S. The van der Waals surface area contributed by atoms with E-state index in [2.05, 4.69) is 5.32 Å². The molecule has 1 atom stereocenters. The van der Waals surface area contributed by atoms with Gasteiger partial charge in [-0.25, -0.2) is 8.42 Å². The van der Waals surface area contributed by atoms with E-state index in [1.54, 1.807) is 36.4 Å². The van der Waals surface area contributed by atoms with Crippen molar-refractivity contribution in [2.75, 3.05) is 17.4 Å². The van der Waals surface area contributed by atoms with Crippen LogP contribution in [0.3, 0.4) is 0 Å². The highest BCUT2D eigenvalue weighted by atomic mass is 32.2. The lowest BCUT2D eigenvalue weighted by Gasteiger charge is -2.35. The van der Waals surface area contributed by atoms with Crippen molar-refractivity contribution in [3.05, 3.63) is 53.6 Å². The second-order valence-corrected chi connectivity index (χ2v) is 10.5. The van der Waals surface area contributed by atoms with Crippen molar-refractivity contribution in [2.24, 2.45) is 5.92 Å². The molecule has 0 spiro atoms. The number of fused-ring (bicyclic) bond motifs is 1. The number of nitrogens with zero attached hydrogens (tertiary/aromatic N) is 1. The second-order valence-electron chi connectivity index (χ2n) is 8.68. The fourth-order valence-electron chi connectivity index (χ4n) is 4.31. The molecule has 31 heavy (non-hydrogen) atoms. The zero-order valence-corrected chi connectivity index (χ0v) is 19.0. The van der Waals surface area contributed by atoms with Gasteiger partial charge in [-0.2, -0.15) is 0 Å². The summed E-state index contributed by atoms with van der Waals surface area (Å²) in [5.41, 5.74) is 2.38. The number of hydrogen-bond acceptors (Lipinski definition) is 4. The normalized spacial score (nSPS) is 19.4. The lowest BCUT2D eigenvalue weighted by atomic mass is 9.89. The van der Waals surface area contributed by atoms with Crippen LogP contribution in [0, 0.1) is 19.8 Å². The van der Waals surface area contributed by atoms with Gasteiger partial charge in [0, 0.05) is 6.54 Å². The topological polar surface area (TPSA) is 75.7 Å². The molecule has 0 unspecified atom stereocenters. The van der Waals surface area contributed by atoms with Gasteiger partial charge >= 0.3 is 0 Å². The van der Waals surface area contributed by atoms with Crippen LogP contribution in [-0.2, 0) is 14.8 Å². The first-order valence-electron chi connectivity index (χ1n) is 11.0. The molecule has 166 valence electrons. The molecule has 6 nitrogen and oxygen atoms in total. The maximum Gasteiger partial charge on any atom is 0.264 e. The summed E-state index contributed by atoms with van der Waals surface area (Å²) in [4.78, 5) is 13.1. The number of sulfonamides is 1. The van der Waals surface area contributed by atoms with E-state index < -0.39 is 16.1 Å². The first-order chi connectivity index (χ1) is 14.8. The SMILES string of the molecule is Cc1ccc(S(=O)(=O)N2C[C@@H](C(=O)NCC3CCCCC3)Oc3ccc(C)cc32)cc1. The Balaban J connectivity index is 1.59. The van der Waals surface area contributed by atoms with E-state index in [9.17, 15) is 13.2 Å². The fraction of sp³-hybridized carbons (Fsp3) is 0.458. The molecule has 1 saturated carbocycles. The van der Waals surface area contributed by atoms with Crippen molar-refractivity contribution in [1.82, 2.24) is 5.32 Å². The molecule has 2 aliphatic rings. The standard InChI is InChI=1S/C24H30N2O4S/c1-17-8-11-20(12-9-17)31(28,29)26-16-23(30-22-13-10-18(2)14-21(22)26)24(27)25-15-19-6-4-3-5-7-19/h8-14,19,23H,3-7,15-16H2,1-2H3,(H,25,27)/t23-/m0/s1. The van der Waals surface area contributed by atoms with E-state index in [4.69, 9.17) is 4.74 Å². The van der Waals surface area contributed by atoms with Crippen molar-refractivity contribution in [3.8, 4) is 5.75 Å². The number of nitrogens with one attached hydrogen (secondary N) is 1. The summed E-state index contributed by atoms with van der Waals surface area (Å²) in [6, 6.07) is 12.1. The average Bonchev–Trinajstić information content (AvgIpc) is 2.77. The van der Waals surface area contributed by atoms with Gasteiger partial charge in [-0.3, -0.25) is 9.10 Å². The Kier molecular flexibility index (Phi) is 6.23. The quantitative estimate of drug-likeness (QED) is 0.761. The molecule has 2 aromatic carbocycles. The number of benzene rings is 2. The number of rotatable bonds is 5. The predicted molar refractivity (Wildman–Crippen MR) is 121 cm³/mol. The van der Waals surface area contributed by atoms with Crippen LogP contribution in [0.1, 0.15) is 43.2 Å². The monoisotopic (exact) mass is 442 g/mol. The van der Waals surface area contributed by atoms with Crippen LogP contribution in [0.5, 0.6) is 5.75 Å². The molecule has 1 aliphatic carbocycles. The molecule has 0 radical (unpaired) electrons. The second kappa shape index (κ2) is 8.91. The number of aryl methyl sites for hydroxylation is 2. The van der Waals surface area contributed by atoms with Gasteiger partial charge in [-0.1, -0.05) is 43.0 Å². The van der Waals surface area contributed by atoms with Crippen molar-refractivity contribution < 1.29 is 17.9 Å². The maximum absolute atomic E-state index is 13.5. The molecular weight excluding hydrogens is 412 g/mol. The van der Waals surface area contributed by atoms with Gasteiger partial charge in [0.2, 0.25) is 0 Å². The number of carbonyl (C=O) groups is 1. The third-order valence-corrected chi connectivity index (χ3v) is 7.97. The highest BCUT2D eigenvalue weighted by Gasteiger charge is 2.37. The smallest absolute Gasteiger partial charge is 0.264 e. The van der Waals surface area contributed by atoms with Gasteiger partial charge in [0.15, 0.2) is 6.10 Å². The van der Waals surface area contributed by atoms with E-state index in [1.165, 1.54) is 23.6 Å². The molecule has 1 amide bonds. The van der Waals surface area contributed by atoms with Crippen LogP contribution < -0.4 is 14.4 Å². The molecule has 4 rings (SSSR count). The molecule has 1 N–H and O–H groups in total. The summed E-state index contributed by atoms with van der Waals surface area (Å²) in [5.74, 6) is 0.634. The van der Waals surface area contributed by atoms with Gasteiger partial charge < -0.3 is 10.1 Å². The van der Waals surface area contributed by atoms with Crippen LogP contribution >= 0.6 is 0 Å². The number of amides is 1. The number of anilines is 1. The van der Waals surface area contributed by atoms with Crippen LogP contribution in [0.4, 0.5) is 5.69 Å². The van der Waals surface area contributed by atoms with Crippen LogP contribution in [0.25, 0.3) is 0 Å². The zero-order chi connectivity index (χ0) is 22.0. The lowest BCUT2D eigenvalue weighted by molar-refractivity contribution is -0.128. The summed E-state index contributed by atoms with van der Waals surface area (Å²) in [7, 11) is -3.84.